The molecule has 0 aromatic heterocycles. The maximum atomic E-state index is 9.99. The maximum Gasteiger partial charge on any atom is 0.119 e. The Morgan fingerprint density at radius 2 is 1.94 bits per heavy atom. The van der Waals surface area contributed by atoms with Crippen molar-refractivity contribution in [2.24, 2.45) is 0 Å². The van der Waals surface area contributed by atoms with Gasteiger partial charge in [-0.1, -0.05) is 26.0 Å². The van der Waals surface area contributed by atoms with Gasteiger partial charge in [0.25, 0.3) is 0 Å². The van der Waals surface area contributed by atoms with Crippen LogP contribution in [0.1, 0.15) is 38.4 Å². The van der Waals surface area contributed by atoms with Crippen LogP contribution < -0.4 is 4.74 Å². The highest BCUT2D eigenvalue weighted by Crippen LogP contribution is 2.28. The van der Waals surface area contributed by atoms with Crippen LogP contribution in [0, 0.1) is 0 Å². The molecule has 1 saturated carbocycles. The number of aliphatic hydroxyl groups excluding tert-OH is 1. The average Bonchev–Trinajstić information content (AvgIpc) is 3.11. The van der Waals surface area contributed by atoms with E-state index in [4.69, 9.17) is 4.74 Å². The second-order valence-electron chi connectivity index (χ2n) is 4.78. The van der Waals surface area contributed by atoms with Crippen LogP contribution in [0.25, 0.3) is 0 Å². The number of hydrogen-bond acceptors (Lipinski definition) is 3. The molecule has 1 aromatic carbocycles. The smallest absolute Gasteiger partial charge is 0.119 e. The van der Waals surface area contributed by atoms with E-state index < -0.39 is 0 Å². The average molecular weight is 252 g/mol. The van der Waals surface area contributed by atoms with Gasteiger partial charge >= 0.3 is 0 Å². The molecule has 2 nitrogen and oxygen atoms in total. The van der Waals surface area contributed by atoms with E-state index in [0.29, 0.717) is 11.4 Å². The third-order valence-electron chi connectivity index (χ3n) is 2.68. The van der Waals surface area contributed by atoms with Crippen molar-refractivity contribution in [1.82, 2.24) is 0 Å². The topological polar surface area (TPSA) is 29.5 Å². The molecule has 1 aromatic rings. The number of ether oxygens (including phenoxy) is 1. The number of thioether (sulfide) groups is 1. The van der Waals surface area contributed by atoms with E-state index in [1.54, 1.807) is 11.8 Å². The highest BCUT2D eigenvalue weighted by atomic mass is 32.2. The van der Waals surface area contributed by atoms with Gasteiger partial charge in [0.2, 0.25) is 0 Å². The molecule has 1 fully saturated rings. The zero-order chi connectivity index (χ0) is 12.3. The predicted molar refractivity (Wildman–Crippen MR) is 72.6 cm³/mol. The molecular weight excluding hydrogens is 232 g/mol. The van der Waals surface area contributed by atoms with Crippen LogP contribution in [0.5, 0.6) is 5.75 Å². The van der Waals surface area contributed by atoms with Crippen molar-refractivity contribution in [2.75, 3.05) is 5.75 Å². The van der Waals surface area contributed by atoms with Gasteiger partial charge in [0.1, 0.15) is 5.75 Å². The van der Waals surface area contributed by atoms with E-state index in [-0.39, 0.29) is 6.10 Å². The summed E-state index contributed by atoms with van der Waals surface area (Å²) in [5.74, 6) is 1.67. The summed E-state index contributed by atoms with van der Waals surface area (Å²) < 4.78 is 5.67. The van der Waals surface area contributed by atoms with E-state index in [1.165, 1.54) is 12.8 Å². The summed E-state index contributed by atoms with van der Waals surface area (Å²) in [6, 6.07) is 7.83. The molecule has 94 valence electrons. The van der Waals surface area contributed by atoms with Crippen LogP contribution in [0.2, 0.25) is 0 Å². The van der Waals surface area contributed by atoms with Crippen molar-refractivity contribution < 1.29 is 9.84 Å². The van der Waals surface area contributed by atoms with Gasteiger partial charge in [0, 0.05) is 5.75 Å². The summed E-state index contributed by atoms with van der Waals surface area (Å²) in [6.07, 6.45) is 2.41. The summed E-state index contributed by atoms with van der Waals surface area (Å²) in [5, 5.41) is 10.6. The Labute approximate surface area is 107 Å². The first-order chi connectivity index (χ1) is 8.15. The molecule has 2 rings (SSSR count). The lowest BCUT2D eigenvalue weighted by atomic mass is 10.1. The molecule has 3 heteroatoms. The van der Waals surface area contributed by atoms with Crippen molar-refractivity contribution in [3.05, 3.63) is 29.8 Å². The normalized spacial score (nSPS) is 17.2. The van der Waals surface area contributed by atoms with Crippen LogP contribution >= 0.6 is 11.8 Å². The molecule has 0 amide bonds. The van der Waals surface area contributed by atoms with Crippen molar-refractivity contribution in [1.29, 1.82) is 0 Å². The zero-order valence-electron chi connectivity index (χ0n) is 10.4. The molecule has 0 heterocycles. The first kappa shape index (κ1) is 12.8. The van der Waals surface area contributed by atoms with Gasteiger partial charge < -0.3 is 9.84 Å². The lowest BCUT2D eigenvalue weighted by molar-refractivity contribution is 0.204. The van der Waals surface area contributed by atoms with Crippen LogP contribution in [0.3, 0.4) is 0 Å². The fraction of sp³-hybridized carbons (Fsp3) is 0.571. The van der Waals surface area contributed by atoms with Crippen LogP contribution in [0.4, 0.5) is 0 Å². The monoisotopic (exact) mass is 252 g/mol. The minimum absolute atomic E-state index is 0.377. The summed E-state index contributed by atoms with van der Waals surface area (Å²) in [5.41, 5.74) is 0.973. The molecule has 1 aliphatic rings. The summed E-state index contributed by atoms with van der Waals surface area (Å²) in [7, 11) is 0. The van der Waals surface area contributed by atoms with Crippen LogP contribution in [-0.4, -0.2) is 22.2 Å². The van der Waals surface area contributed by atoms with E-state index in [2.05, 4.69) is 13.8 Å². The Balaban J connectivity index is 1.87. The van der Waals surface area contributed by atoms with Crippen LogP contribution in [-0.2, 0) is 0 Å². The van der Waals surface area contributed by atoms with E-state index >= 15 is 0 Å². The zero-order valence-corrected chi connectivity index (χ0v) is 11.2. The lowest BCUT2D eigenvalue weighted by Crippen LogP contribution is -2.03. The van der Waals surface area contributed by atoms with Gasteiger partial charge in [0.05, 0.1) is 12.2 Å². The summed E-state index contributed by atoms with van der Waals surface area (Å²) in [6.45, 7) is 4.29. The minimum atomic E-state index is -0.377. The Bertz CT molecular complexity index is 344. The number of benzene rings is 1. The standard InChI is InChI=1S/C14H20O2S/c1-10(2)17-9-14(15)11-3-5-12(6-4-11)16-13-7-8-13/h3-6,10,13-15H,7-9H2,1-2H3. The molecule has 1 aliphatic carbocycles. The van der Waals surface area contributed by atoms with Crippen molar-refractivity contribution >= 4 is 11.8 Å². The summed E-state index contributed by atoms with van der Waals surface area (Å²) >= 11 is 1.78. The van der Waals surface area contributed by atoms with Gasteiger partial charge in [-0.2, -0.15) is 11.8 Å². The van der Waals surface area contributed by atoms with E-state index in [0.717, 1.165) is 17.1 Å². The summed E-state index contributed by atoms with van der Waals surface area (Å²) in [4.78, 5) is 0. The largest absolute Gasteiger partial charge is 0.490 e. The first-order valence-electron chi connectivity index (χ1n) is 6.21. The lowest BCUT2D eigenvalue weighted by Gasteiger charge is -2.13. The highest BCUT2D eigenvalue weighted by molar-refractivity contribution is 7.99. The second-order valence-corrected chi connectivity index (χ2v) is 6.39. The van der Waals surface area contributed by atoms with E-state index in [9.17, 15) is 5.11 Å². The third-order valence-corrected chi connectivity index (χ3v) is 3.85. The number of aliphatic hydroxyl groups is 1. The number of hydrogen-bond donors (Lipinski definition) is 1. The molecule has 1 N–H and O–H groups in total. The van der Waals surface area contributed by atoms with Crippen LogP contribution in [0.15, 0.2) is 24.3 Å². The number of rotatable bonds is 6. The van der Waals surface area contributed by atoms with Crippen molar-refractivity contribution in [3.8, 4) is 5.75 Å². The van der Waals surface area contributed by atoms with Gasteiger partial charge in [-0.25, -0.2) is 0 Å². The highest BCUT2D eigenvalue weighted by Gasteiger charge is 2.23. The molecule has 0 bridgehead atoms. The van der Waals surface area contributed by atoms with Gasteiger partial charge in [-0.05, 0) is 35.8 Å². The Morgan fingerprint density at radius 1 is 1.29 bits per heavy atom. The third kappa shape index (κ3) is 4.25. The molecule has 0 radical (unpaired) electrons. The van der Waals surface area contributed by atoms with Gasteiger partial charge in [-0.15, -0.1) is 0 Å². The molecule has 0 aliphatic heterocycles. The Hall–Kier alpha value is -0.670. The van der Waals surface area contributed by atoms with Crippen molar-refractivity contribution in [2.45, 2.75) is 44.1 Å². The maximum absolute atomic E-state index is 9.99. The molecule has 0 saturated heterocycles. The quantitative estimate of drug-likeness (QED) is 0.841. The van der Waals surface area contributed by atoms with Gasteiger partial charge in [0.15, 0.2) is 0 Å². The molecular formula is C14H20O2S. The Kier molecular flexibility index (Phi) is 4.35. The molecule has 0 spiro atoms. The SMILES string of the molecule is CC(C)SCC(O)c1ccc(OC2CC2)cc1. The van der Waals surface area contributed by atoms with Crippen molar-refractivity contribution in [3.63, 3.8) is 0 Å². The second kappa shape index (κ2) is 5.78. The fourth-order valence-corrected chi connectivity index (χ4v) is 2.29. The minimum Gasteiger partial charge on any atom is -0.490 e. The fourth-order valence-electron chi connectivity index (χ4n) is 1.53. The molecule has 1 atom stereocenters. The Morgan fingerprint density at radius 3 is 2.47 bits per heavy atom. The predicted octanol–water partition coefficient (Wildman–Crippen LogP) is 3.40. The van der Waals surface area contributed by atoms with E-state index in [1.807, 2.05) is 24.3 Å². The first-order valence-corrected chi connectivity index (χ1v) is 7.26. The van der Waals surface area contributed by atoms with Gasteiger partial charge in [-0.3, -0.25) is 0 Å². The molecule has 1 unspecified atom stereocenters. The molecule has 17 heavy (non-hydrogen) atoms.